The Hall–Kier alpha value is -1.49. The number of hydrogen-bond acceptors (Lipinski definition) is 2. The Morgan fingerprint density at radius 1 is 1.38 bits per heavy atom. The molecule has 1 fully saturated rings. The van der Waals surface area contributed by atoms with Crippen LogP contribution in [0.1, 0.15) is 31.7 Å². The molecule has 1 aliphatic rings. The summed E-state index contributed by atoms with van der Waals surface area (Å²) in [4.78, 5) is 14.0. The van der Waals surface area contributed by atoms with E-state index in [9.17, 15) is 13.6 Å². The van der Waals surface area contributed by atoms with Crippen LogP contribution in [-0.2, 0) is 4.79 Å². The maximum atomic E-state index is 13.7. The molecule has 1 aromatic carbocycles. The van der Waals surface area contributed by atoms with Gasteiger partial charge in [0.2, 0.25) is 5.91 Å². The molecular weight excluding hydrogens is 274 g/mol. The molecule has 116 valence electrons. The second-order valence-corrected chi connectivity index (χ2v) is 6.65. The fourth-order valence-corrected chi connectivity index (χ4v) is 2.72. The lowest BCUT2D eigenvalue weighted by molar-refractivity contribution is -0.132. The number of hydrogen-bond donors (Lipinski definition) is 1. The van der Waals surface area contributed by atoms with Crippen molar-refractivity contribution >= 4 is 5.91 Å². The Bertz CT molecular complexity index is 525. The van der Waals surface area contributed by atoms with Crippen LogP contribution in [0.4, 0.5) is 8.78 Å². The molecule has 0 radical (unpaired) electrons. The Labute approximate surface area is 124 Å². The van der Waals surface area contributed by atoms with Gasteiger partial charge in [-0.1, -0.05) is 19.9 Å². The van der Waals surface area contributed by atoms with E-state index >= 15 is 0 Å². The van der Waals surface area contributed by atoms with Crippen LogP contribution in [0.5, 0.6) is 0 Å². The summed E-state index contributed by atoms with van der Waals surface area (Å²) in [6.45, 7) is 4.97. The zero-order chi connectivity index (χ0) is 15.8. The van der Waals surface area contributed by atoms with Gasteiger partial charge in [0.15, 0.2) is 0 Å². The van der Waals surface area contributed by atoms with Gasteiger partial charge in [-0.2, -0.15) is 0 Å². The van der Waals surface area contributed by atoms with E-state index in [1.807, 2.05) is 13.8 Å². The molecule has 3 nitrogen and oxygen atoms in total. The van der Waals surface area contributed by atoms with Crippen molar-refractivity contribution in [3.05, 3.63) is 35.4 Å². The normalized spacial score (nSPS) is 21.2. The Morgan fingerprint density at radius 3 is 2.48 bits per heavy atom. The number of amides is 1. The molecule has 0 aliphatic heterocycles. The van der Waals surface area contributed by atoms with E-state index in [0.29, 0.717) is 19.5 Å². The molecule has 0 spiro atoms. The summed E-state index contributed by atoms with van der Waals surface area (Å²) in [5.41, 5.74) is 5.54. The summed E-state index contributed by atoms with van der Waals surface area (Å²) in [6.07, 6.45) is 0.504. The Morgan fingerprint density at radius 2 is 1.95 bits per heavy atom. The van der Waals surface area contributed by atoms with E-state index in [4.69, 9.17) is 5.73 Å². The summed E-state index contributed by atoms with van der Waals surface area (Å²) in [5.74, 6) is -1.87. The predicted octanol–water partition coefficient (Wildman–Crippen LogP) is 2.51. The predicted molar refractivity (Wildman–Crippen MR) is 77.7 cm³/mol. The van der Waals surface area contributed by atoms with Gasteiger partial charge < -0.3 is 10.6 Å². The first-order chi connectivity index (χ1) is 9.76. The van der Waals surface area contributed by atoms with E-state index < -0.39 is 11.6 Å². The van der Waals surface area contributed by atoms with E-state index in [-0.39, 0.29) is 28.7 Å². The van der Waals surface area contributed by atoms with Crippen LogP contribution in [0.3, 0.4) is 0 Å². The standard InChI is InChI=1S/C16H22F2N2O/c1-16(2,8-19)9-20(3)15(21)11-7-10(11)14-12(17)5-4-6-13(14)18/h4-6,10-11H,7-9,19H2,1-3H3. The van der Waals surface area contributed by atoms with Crippen molar-refractivity contribution in [1.82, 2.24) is 4.90 Å². The quantitative estimate of drug-likeness (QED) is 0.907. The maximum absolute atomic E-state index is 13.7. The van der Waals surface area contributed by atoms with Crippen molar-refractivity contribution in [2.45, 2.75) is 26.2 Å². The van der Waals surface area contributed by atoms with Gasteiger partial charge in [-0.05, 0) is 30.5 Å². The molecular formula is C16H22F2N2O. The molecule has 0 aromatic heterocycles. The highest BCUT2D eigenvalue weighted by Crippen LogP contribution is 2.50. The lowest BCUT2D eigenvalue weighted by atomic mass is 9.93. The monoisotopic (exact) mass is 296 g/mol. The lowest BCUT2D eigenvalue weighted by Gasteiger charge is -2.29. The number of carbonyl (C=O) groups excluding carboxylic acids is 1. The fourth-order valence-electron chi connectivity index (χ4n) is 2.72. The second-order valence-electron chi connectivity index (χ2n) is 6.65. The molecule has 2 N–H and O–H groups in total. The number of carbonyl (C=O) groups is 1. The van der Waals surface area contributed by atoms with Crippen molar-refractivity contribution in [2.24, 2.45) is 17.1 Å². The minimum absolute atomic E-state index is 0.0438. The molecule has 5 heteroatoms. The summed E-state index contributed by atoms with van der Waals surface area (Å²) in [7, 11) is 1.72. The average Bonchev–Trinajstić information content (AvgIpc) is 3.17. The molecule has 2 unspecified atom stereocenters. The van der Waals surface area contributed by atoms with Crippen molar-refractivity contribution in [3.63, 3.8) is 0 Å². The third-order valence-electron chi connectivity index (χ3n) is 4.07. The minimum Gasteiger partial charge on any atom is -0.345 e. The van der Waals surface area contributed by atoms with Crippen LogP contribution in [0, 0.1) is 23.0 Å². The topological polar surface area (TPSA) is 46.3 Å². The molecule has 1 aliphatic carbocycles. The molecule has 0 saturated heterocycles. The largest absolute Gasteiger partial charge is 0.345 e. The summed E-state index contributed by atoms with van der Waals surface area (Å²) >= 11 is 0. The van der Waals surface area contributed by atoms with Crippen molar-refractivity contribution < 1.29 is 13.6 Å². The number of nitrogens with two attached hydrogens (primary N) is 1. The van der Waals surface area contributed by atoms with Crippen LogP contribution in [0.2, 0.25) is 0 Å². The number of nitrogens with zero attached hydrogens (tertiary/aromatic N) is 1. The minimum atomic E-state index is -0.569. The van der Waals surface area contributed by atoms with Gasteiger partial charge in [0.1, 0.15) is 11.6 Å². The maximum Gasteiger partial charge on any atom is 0.226 e. The molecule has 2 atom stereocenters. The lowest BCUT2D eigenvalue weighted by Crippen LogP contribution is -2.40. The van der Waals surface area contributed by atoms with E-state index in [0.717, 1.165) is 0 Å². The fraction of sp³-hybridized carbons (Fsp3) is 0.562. The van der Waals surface area contributed by atoms with Gasteiger partial charge in [0.05, 0.1) is 0 Å². The molecule has 1 saturated carbocycles. The van der Waals surface area contributed by atoms with E-state index in [1.165, 1.54) is 18.2 Å². The molecule has 0 heterocycles. The van der Waals surface area contributed by atoms with E-state index in [1.54, 1.807) is 11.9 Å². The average molecular weight is 296 g/mol. The molecule has 21 heavy (non-hydrogen) atoms. The van der Waals surface area contributed by atoms with Crippen molar-refractivity contribution in [2.75, 3.05) is 20.1 Å². The third kappa shape index (κ3) is 3.40. The third-order valence-corrected chi connectivity index (χ3v) is 4.07. The van der Waals surface area contributed by atoms with Gasteiger partial charge in [0, 0.05) is 31.0 Å². The van der Waals surface area contributed by atoms with Gasteiger partial charge in [-0.25, -0.2) is 8.78 Å². The summed E-state index contributed by atoms with van der Waals surface area (Å²) < 4.78 is 27.4. The van der Waals surface area contributed by atoms with Crippen LogP contribution in [-0.4, -0.2) is 30.9 Å². The first-order valence-corrected chi connectivity index (χ1v) is 7.16. The molecule has 1 amide bonds. The highest BCUT2D eigenvalue weighted by atomic mass is 19.1. The number of benzene rings is 1. The van der Waals surface area contributed by atoms with Crippen LogP contribution < -0.4 is 5.73 Å². The van der Waals surface area contributed by atoms with Crippen LogP contribution >= 0.6 is 0 Å². The molecule has 0 bridgehead atoms. The van der Waals surface area contributed by atoms with Crippen LogP contribution in [0.15, 0.2) is 18.2 Å². The smallest absolute Gasteiger partial charge is 0.226 e. The van der Waals surface area contributed by atoms with Crippen LogP contribution in [0.25, 0.3) is 0 Å². The zero-order valence-electron chi connectivity index (χ0n) is 12.7. The first kappa shape index (κ1) is 15.9. The van der Waals surface area contributed by atoms with Gasteiger partial charge in [-0.15, -0.1) is 0 Å². The van der Waals surface area contributed by atoms with Gasteiger partial charge in [0.25, 0.3) is 0 Å². The second kappa shape index (κ2) is 5.72. The molecule has 1 aromatic rings. The SMILES string of the molecule is CN(CC(C)(C)CN)C(=O)C1CC1c1c(F)cccc1F. The highest BCUT2D eigenvalue weighted by molar-refractivity contribution is 5.82. The zero-order valence-corrected chi connectivity index (χ0v) is 12.7. The van der Waals surface area contributed by atoms with Gasteiger partial charge in [-0.3, -0.25) is 4.79 Å². The Balaban J connectivity index is 2.04. The summed E-state index contributed by atoms with van der Waals surface area (Å²) in [6, 6.07) is 3.81. The number of rotatable bonds is 5. The van der Waals surface area contributed by atoms with Crippen molar-refractivity contribution in [1.29, 1.82) is 0 Å². The summed E-state index contributed by atoms with van der Waals surface area (Å²) in [5, 5.41) is 0. The van der Waals surface area contributed by atoms with Gasteiger partial charge >= 0.3 is 0 Å². The van der Waals surface area contributed by atoms with Crippen molar-refractivity contribution in [3.8, 4) is 0 Å². The highest BCUT2D eigenvalue weighted by Gasteiger charge is 2.47. The Kier molecular flexibility index (Phi) is 4.33. The van der Waals surface area contributed by atoms with E-state index in [2.05, 4.69) is 0 Å². The molecule has 2 rings (SSSR count). The number of halogens is 2. The first-order valence-electron chi connectivity index (χ1n) is 7.16.